The fraction of sp³-hybridized carbons (Fsp3) is 0.389. The third kappa shape index (κ3) is 4.03. The van der Waals surface area contributed by atoms with Gasteiger partial charge in [0.1, 0.15) is 4.21 Å². The van der Waals surface area contributed by atoms with Crippen molar-refractivity contribution in [3.05, 3.63) is 45.2 Å². The van der Waals surface area contributed by atoms with Crippen LogP contribution in [0.1, 0.15) is 24.0 Å². The number of para-hydroxylation sites is 1. The molecule has 2 aromatic rings. The van der Waals surface area contributed by atoms with Gasteiger partial charge in [-0.05, 0) is 65.9 Å². The van der Waals surface area contributed by atoms with Crippen molar-refractivity contribution in [3.63, 3.8) is 0 Å². The van der Waals surface area contributed by atoms with E-state index in [9.17, 15) is 13.2 Å². The van der Waals surface area contributed by atoms with Gasteiger partial charge in [-0.3, -0.25) is 4.79 Å². The Labute approximate surface area is 166 Å². The van der Waals surface area contributed by atoms with E-state index in [1.807, 2.05) is 32.0 Å². The lowest BCUT2D eigenvalue weighted by Gasteiger charge is -2.30. The Hall–Kier alpha value is -1.22. The molecular formula is C18H21BrN2O3S2. The highest BCUT2D eigenvalue weighted by Crippen LogP contribution is 2.31. The van der Waals surface area contributed by atoms with E-state index in [2.05, 4.69) is 21.2 Å². The first-order valence-corrected chi connectivity index (χ1v) is 11.5. The van der Waals surface area contributed by atoms with Gasteiger partial charge in [-0.25, -0.2) is 8.42 Å². The number of sulfonamides is 1. The van der Waals surface area contributed by atoms with Gasteiger partial charge in [-0.1, -0.05) is 18.2 Å². The maximum absolute atomic E-state index is 12.7. The second kappa shape index (κ2) is 7.80. The van der Waals surface area contributed by atoms with Crippen LogP contribution < -0.4 is 5.32 Å². The summed E-state index contributed by atoms with van der Waals surface area (Å²) in [5.41, 5.74) is 2.92. The van der Waals surface area contributed by atoms with Gasteiger partial charge in [0.25, 0.3) is 10.0 Å². The van der Waals surface area contributed by atoms with Crippen LogP contribution in [0.5, 0.6) is 0 Å². The summed E-state index contributed by atoms with van der Waals surface area (Å²) in [6.07, 6.45) is 1.06. The molecule has 3 rings (SSSR count). The minimum Gasteiger partial charge on any atom is -0.325 e. The fourth-order valence-corrected chi connectivity index (χ4v) is 6.79. The molecule has 0 unspecified atom stereocenters. The molecule has 1 saturated heterocycles. The van der Waals surface area contributed by atoms with E-state index in [1.165, 1.54) is 15.6 Å². The predicted octanol–water partition coefficient (Wildman–Crippen LogP) is 4.17. The number of hydrogen-bond donors (Lipinski definition) is 1. The van der Waals surface area contributed by atoms with E-state index in [4.69, 9.17) is 0 Å². The number of nitrogens with one attached hydrogen (secondary N) is 1. The van der Waals surface area contributed by atoms with Gasteiger partial charge in [0, 0.05) is 24.7 Å². The number of carbonyl (C=O) groups is 1. The van der Waals surface area contributed by atoms with Gasteiger partial charge >= 0.3 is 0 Å². The summed E-state index contributed by atoms with van der Waals surface area (Å²) < 4.78 is 28.0. The highest BCUT2D eigenvalue weighted by atomic mass is 79.9. The summed E-state index contributed by atoms with van der Waals surface area (Å²) in [5, 5.41) is 3.03. The number of carbonyl (C=O) groups excluding carboxylic acids is 1. The molecule has 1 fully saturated rings. The van der Waals surface area contributed by atoms with Crippen LogP contribution in [-0.2, 0) is 14.8 Å². The first-order valence-electron chi connectivity index (χ1n) is 8.41. The zero-order valence-electron chi connectivity index (χ0n) is 14.7. The van der Waals surface area contributed by atoms with Gasteiger partial charge in [-0.15, -0.1) is 11.3 Å². The van der Waals surface area contributed by atoms with Gasteiger partial charge < -0.3 is 5.32 Å². The highest BCUT2D eigenvalue weighted by Gasteiger charge is 2.33. The zero-order chi connectivity index (χ0) is 18.9. The van der Waals surface area contributed by atoms with Crippen molar-refractivity contribution < 1.29 is 13.2 Å². The number of nitrogens with zero attached hydrogens (tertiary/aromatic N) is 1. The van der Waals surface area contributed by atoms with E-state index in [0.29, 0.717) is 30.1 Å². The summed E-state index contributed by atoms with van der Waals surface area (Å²) >= 11 is 4.51. The van der Waals surface area contributed by atoms with E-state index < -0.39 is 10.0 Å². The molecule has 26 heavy (non-hydrogen) atoms. The third-order valence-corrected chi connectivity index (χ3v) is 8.69. The molecule has 5 nitrogen and oxygen atoms in total. The number of aryl methyl sites for hydroxylation is 2. The fourth-order valence-electron chi connectivity index (χ4n) is 3.16. The first kappa shape index (κ1) is 19.5. The number of hydrogen-bond acceptors (Lipinski definition) is 4. The predicted molar refractivity (Wildman–Crippen MR) is 108 cm³/mol. The minimum atomic E-state index is -3.47. The summed E-state index contributed by atoms with van der Waals surface area (Å²) in [5.74, 6) is -0.200. The zero-order valence-corrected chi connectivity index (χ0v) is 17.9. The third-order valence-electron chi connectivity index (χ3n) is 4.70. The maximum Gasteiger partial charge on any atom is 0.252 e. The van der Waals surface area contributed by atoms with Crippen LogP contribution >= 0.6 is 27.3 Å². The van der Waals surface area contributed by atoms with Crippen LogP contribution in [0.25, 0.3) is 0 Å². The Morgan fingerprint density at radius 1 is 1.15 bits per heavy atom. The van der Waals surface area contributed by atoms with E-state index in [-0.39, 0.29) is 11.8 Å². The van der Waals surface area contributed by atoms with Crippen molar-refractivity contribution in [2.75, 3.05) is 18.4 Å². The normalized spacial score (nSPS) is 16.6. The molecule has 1 aromatic carbocycles. The SMILES string of the molecule is Cc1cccc(C)c1NC(=O)C1CCN(S(=O)(=O)c2ccc(Br)s2)CC1. The molecule has 0 spiro atoms. The van der Waals surface area contributed by atoms with Crippen LogP contribution in [0.2, 0.25) is 0 Å². The average Bonchev–Trinajstić information content (AvgIpc) is 3.05. The van der Waals surface area contributed by atoms with Crippen LogP contribution in [-0.4, -0.2) is 31.7 Å². The topological polar surface area (TPSA) is 66.5 Å². The van der Waals surface area contributed by atoms with E-state index >= 15 is 0 Å². The number of benzene rings is 1. The Balaban J connectivity index is 1.64. The van der Waals surface area contributed by atoms with Crippen molar-refractivity contribution in [1.29, 1.82) is 0 Å². The van der Waals surface area contributed by atoms with Gasteiger partial charge in [0.15, 0.2) is 0 Å². The Bertz CT molecular complexity index is 896. The molecule has 0 aliphatic carbocycles. The Kier molecular flexibility index (Phi) is 5.86. The van der Waals surface area contributed by atoms with Gasteiger partial charge in [-0.2, -0.15) is 4.31 Å². The van der Waals surface area contributed by atoms with Crippen LogP contribution in [0.15, 0.2) is 38.3 Å². The largest absolute Gasteiger partial charge is 0.325 e. The van der Waals surface area contributed by atoms with Crippen molar-refractivity contribution >= 4 is 48.9 Å². The summed E-state index contributed by atoms with van der Waals surface area (Å²) in [6.45, 7) is 4.67. The van der Waals surface area contributed by atoms with Crippen molar-refractivity contribution in [3.8, 4) is 0 Å². The Morgan fingerprint density at radius 3 is 2.31 bits per heavy atom. The molecule has 1 N–H and O–H groups in total. The molecular weight excluding hydrogens is 436 g/mol. The maximum atomic E-state index is 12.7. The van der Waals surface area contributed by atoms with Crippen LogP contribution in [0.4, 0.5) is 5.69 Å². The van der Waals surface area contributed by atoms with Crippen LogP contribution in [0, 0.1) is 19.8 Å². The lowest BCUT2D eigenvalue weighted by atomic mass is 9.96. The molecule has 1 aromatic heterocycles. The van der Waals surface area contributed by atoms with Crippen molar-refractivity contribution in [2.24, 2.45) is 5.92 Å². The quantitative estimate of drug-likeness (QED) is 0.750. The van der Waals surface area contributed by atoms with Crippen molar-refractivity contribution in [1.82, 2.24) is 4.31 Å². The van der Waals surface area contributed by atoms with Gasteiger partial charge in [0.05, 0.1) is 3.79 Å². The molecule has 0 bridgehead atoms. The average molecular weight is 457 g/mol. The number of anilines is 1. The van der Waals surface area contributed by atoms with E-state index in [1.54, 1.807) is 12.1 Å². The number of rotatable bonds is 4. The van der Waals surface area contributed by atoms with E-state index in [0.717, 1.165) is 20.6 Å². The number of halogens is 1. The molecule has 1 aliphatic heterocycles. The molecule has 1 aliphatic rings. The molecule has 140 valence electrons. The standard InChI is InChI=1S/C18H21BrN2O3S2/c1-12-4-3-5-13(2)17(12)20-18(22)14-8-10-21(11-9-14)26(23,24)16-7-6-15(19)25-16/h3-7,14H,8-11H2,1-2H3,(H,20,22). The van der Waals surface area contributed by atoms with Crippen LogP contribution in [0.3, 0.4) is 0 Å². The molecule has 0 saturated carbocycles. The summed E-state index contributed by atoms with van der Waals surface area (Å²) in [7, 11) is -3.47. The molecule has 0 atom stereocenters. The number of amides is 1. The molecule has 0 radical (unpaired) electrons. The number of thiophene rings is 1. The summed E-state index contributed by atoms with van der Waals surface area (Å²) in [4.78, 5) is 12.6. The molecule has 1 amide bonds. The first-order chi connectivity index (χ1) is 12.3. The molecule has 8 heteroatoms. The number of piperidine rings is 1. The van der Waals surface area contributed by atoms with Gasteiger partial charge in [0.2, 0.25) is 5.91 Å². The Morgan fingerprint density at radius 2 is 1.77 bits per heavy atom. The monoisotopic (exact) mass is 456 g/mol. The van der Waals surface area contributed by atoms with Crippen molar-refractivity contribution in [2.45, 2.75) is 30.9 Å². The second-order valence-corrected chi connectivity index (χ2v) is 11.1. The lowest BCUT2D eigenvalue weighted by Crippen LogP contribution is -2.41. The summed E-state index contributed by atoms with van der Waals surface area (Å²) in [6, 6.07) is 9.26. The smallest absolute Gasteiger partial charge is 0.252 e. The lowest BCUT2D eigenvalue weighted by molar-refractivity contribution is -0.120. The molecule has 2 heterocycles. The second-order valence-electron chi connectivity index (χ2n) is 6.49. The minimum absolute atomic E-state index is 0.0293. The highest BCUT2D eigenvalue weighted by molar-refractivity contribution is 9.11.